The summed E-state index contributed by atoms with van der Waals surface area (Å²) >= 11 is 0. The van der Waals surface area contributed by atoms with Crippen LogP contribution in [0.5, 0.6) is 11.5 Å². The molecule has 1 heterocycles. The Morgan fingerprint density at radius 3 is 2.56 bits per heavy atom. The van der Waals surface area contributed by atoms with E-state index in [2.05, 4.69) is 4.74 Å². The number of carbonyl (C=O) groups excluding carboxylic acids is 2. The van der Waals surface area contributed by atoms with Crippen molar-refractivity contribution in [2.24, 2.45) is 0 Å². The van der Waals surface area contributed by atoms with Crippen molar-refractivity contribution in [1.82, 2.24) is 4.90 Å². The highest BCUT2D eigenvalue weighted by Crippen LogP contribution is 2.29. The van der Waals surface area contributed by atoms with Crippen LogP contribution in [0.1, 0.15) is 18.4 Å². The molecule has 1 fully saturated rings. The van der Waals surface area contributed by atoms with Gasteiger partial charge in [0.2, 0.25) is 0 Å². The number of hydrogen-bond acceptors (Lipinski definition) is 6. The second-order valence-electron chi connectivity index (χ2n) is 5.45. The second kappa shape index (κ2) is 8.73. The number of esters is 1. The third-order valence-electron chi connectivity index (χ3n) is 3.83. The van der Waals surface area contributed by atoms with E-state index in [0.29, 0.717) is 17.1 Å². The van der Waals surface area contributed by atoms with Crippen LogP contribution in [-0.4, -0.2) is 50.7 Å². The predicted molar refractivity (Wildman–Crippen MR) is 89.9 cm³/mol. The number of methoxy groups -OCH3 is 2. The molecule has 7 heteroatoms. The summed E-state index contributed by atoms with van der Waals surface area (Å²) in [5.74, 6) is 0.0629. The summed E-state index contributed by atoms with van der Waals surface area (Å²) in [5, 5.41) is 9.00. The molecule has 2 rings (SSSR count). The molecule has 0 N–H and O–H groups in total. The molecule has 25 heavy (non-hydrogen) atoms. The molecule has 0 atom stereocenters. The van der Waals surface area contributed by atoms with Crippen LogP contribution in [0, 0.1) is 11.3 Å². The molecule has 0 spiro atoms. The summed E-state index contributed by atoms with van der Waals surface area (Å²) in [6, 6.07) is 6.71. The van der Waals surface area contributed by atoms with Gasteiger partial charge in [0.1, 0.15) is 11.6 Å². The molecule has 1 aliphatic rings. The number of ether oxygens (including phenoxy) is 3. The predicted octanol–water partition coefficient (Wildman–Crippen LogP) is 1.78. The van der Waals surface area contributed by atoms with Crippen LogP contribution in [0.25, 0.3) is 6.08 Å². The first-order valence-electron chi connectivity index (χ1n) is 7.87. The standard InChI is InChI=1S/C18H20N2O5/c1-23-16-10-13(9-14(11-19)18(22)24-2)5-6-15(16)25-12-17(21)20-7-3-4-8-20/h5-6,9-10H,3-4,7-8,12H2,1-2H3/b14-9+. The molecule has 1 aromatic carbocycles. The van der Waals surface area contributed by atoms with Gasteiger partial charge in [0.05, 0.1) is 14.2 Å². The Bertz CT molecular complexity index is 715. The van der Waals surface area contributed by atoms with E-state index in [9.17, 15) is 9.59 Å². The fourth-order valence-corrected chi connectivity index (χ4v) is 2.50. The number of hydrogen-bond donors (Lipinski definition) is 0. The average Bonchev–Trinajstić information content (AvgIpc) is 3.18. The van der Waals surface area contributed by atoms with Gasteiger partial charge in [-0.15, -0.1) is 0 Å². The molecule has 0 unspecified atom stereocenters. The molecular weight excluding hydrogens is 324 g/mol. The Kier molecular flexibility index (Phi) is 6.40. The van der Waals surface area contributed by atoms with Crippen molar-refractivity contribution in [2.45, 2.75) is 12.8 Å². The van der Waals surface area contributed by atoms with E-state index in [1.165, 1.54) is 20.3 Å². The maximum atomic E-state index is 12.0. The van der Waals surface area contributed by atoms with E-state index in [1.807, 2.05) is 0 Å². The Balaban J connectivity index is 2.10. The van der Waals surface area contributed by atoms with Crippen molar-refractivity contribution in [2.75, 3.05) is 33.9 Å². The third kappa shape index (κ3) is 4.73. The number of carbonyl (C=O) groups is 2. The quantitative estimate of drug-likeness (QED) is 0.444. The highest BCUT2D eigenvalue weighted by atomic mass is 16.5. The minimum Gasteiger partial charge on any atom is -0.493 e. The van der Waals surface area contributed by atoms with Gasteiger partial charge in [-0.1, -0.05) is 6.07 Å². The summed E-state index contributed by atoms with van der Waals surface area (Å²) < 4.78 is 15.4. The largest absolute Gasteiger partial charge is 0.493 e. The average molecular weight is 344 g/mol. The number of nitrogens with zero attached hydrogens (tertiary/aromatic N) is 2. The van der Waals surface area contributed by atoms with Gasteiger partial charge in [-0.25, -0.2) is 4.79 Å². The van der Waals surface area contributed by atoms with Gasteiger partial charge in [-0.3, -0.25) is 4.79 Å². The lowest BCUT2D eigenvalue weighted by Gasteiger charge is -2.16. The van der Waals surface area contributed by atoms with Gasteiger partial charge in [-0.05, 0) is 36.6 Å². The first-order chi connectivity index (χ1) is 12.1. The lowest BCUT2D eigenvalue weighted by atomic mass is 10.1. The zero-order valence-corrected chi connectivity index (χ0v) is 14.3. The van der Waals surface area contributed by atoms with Gasteiger partial charge in [-0.2, -0.15) is 5.26 Å². The van der Waals surface area contributed by atoms with Crippen LogP contribution >= 0.6 is 0 Å². The number of amides is 1. The molecule has 0 aliphatic carbocycles. The van der Waals surface area contributed by atoms with E-state index >= 15 is 0 Å². The maximum Gasteiger partial charge on any atom is 0.348 e. The van der Waals surface area contributed by atoms with Crippen LogP contribution in [0.4, 0.5) is 0 Å². The minimum absolute atomic E-state index is 0.0546. The van der Waals surface area contributed by atoms with E-state index in [4.69, 9.17) is 14.7 Å². The molecule has 1 aromatic rings. The molecule has 1 amide bonds. The topological polar surface area (TPSA) is 88.9 Å². The van der Waals surface area contributed by atoms with Crippen molar-refractivity contribution in [1.29, 1.82) is 5.26 Å². The fourth-order valence-electron chi connectivity index (χ4n) is 2.50. The van der Waals surface area contributed by atoms with Crippen molar-refractivity contribution in [3.05, 3.63) is 29.3 Å². The van der Waals surface area contributed by atoms with Crippen LogP contribution in [0.3, 0.4) is 0 Å². The Hall–Kier alpha value is -3.01. The minimum atomic E-state index is -0.710. The molecule has 1 aliphatic heterocycles. The highest BCUT2D eigenvalue weighted by molar-refractivity contribution is 5.97. The zero-order valence-electron chi connectivity index (χ0n) is 14.3. The lowest BCUT2D eigenvalue weighted by molar-refractivity contribution is -0.135. The first-order valence-corrected chi connectivity index (χ1v) is 7.87. The van der Waals surface area contributed by atoms with E-state index in [-0.39, 0.29) is 18.1 Å². The van der Waals surface area contributed by atoms with E-state index < -0.39 is 5.97 Å². The molecule has 0 bridgehead atoms. The maximum absolute atomic E-state index is 12.0. The number of nitriles is 1. The molecule has 132 valence electrons. The number of likely N-dealkylation sites (tertiary alicyclic amines) is 1. The fraction of sp³-hybridized carbons (Fsp3) is 0.389. The molecule has 0 aromatic heterocycles. The van der Waals surface area contributed by atoms with Crippen LogP contribution < -0.4 is 9.47 Å². The molecular formula is C18H20N2O5. The first kappa shape index (κ1) is 18.3. The summed E-state index contributed by atoms with van der Waals surface area (Å²) in [5.41, 5.74) is 0.458. The highest BCUT2D eigenvalue weighted by Gasteiger charge is 2.19. The third-order valence-corrected chi connectivity index (χ3v) is 3.83. The Morgan fingerprint density at radius 2 is 1.96 bits per heavy atom. The second-order valence-corrected chi connectivity index (χ2v) is 5.45. The summed E-state index contributed by atoms with van der Waals surface area (Å²) in [7, 11) is 2.69. The van der Waals surface area contributed by atoms with E-state index in [1.54, 1.807) is 29.2 Å². The zero-order chi connectivity index (χ0) is 18.2. The van der Waals surface area contributed by atoms with Gasteiger partial charge in [0.25, 0.3) is 5.91 Å². The number of benzene rings is 1. The smallest absolute Gasteiger partial charge is 0.348 e. The van der Waals surface area contributed by atoms with Crippen molar-refractivity contribution in [3.8, 4) is 17.6 Å². The van der Waals surface area contributed by atoms with Crippen molar-refractivity contribution in [3.63, 3.8) is 0 Å². The summed E-state index contributed by atoms with van der Waals surface area (Å²) in [4.78, 5) is 25.3. The molecule has 1 saturated heterocycles. The Morgan fingerprint density at radius 1 is 1.24 bits per heavy atom. The molecule has 0 radical (unpaired) electrons. The SMILES string of the molecule is COC(=O)/C(C#N)=C/c1ccc(OCC(=O)N2CCCC2)c(OC)c1. The van der Waals surface area contributed by atoms with Crippen LogP contribution in [-0.2, 0) is 14.3 Å². The van der Waals surface area contributed by atoms with Crippen molar-refractivity contribution >= 4 is 18.0 Å². The molecule has 0 saturated carbocycles. The van der Waals surface area contributed by atoms with Gasteiger partial charge < -0.3 is 19.1 Å². The number of rotatable bonds is 6. The van der Waals surface area contributed by atoms with Crippen LogP contribution in [0.2, 0.25) is 0 Å². The summed E-state index contributed by atoms with van der Waals surface area (Å²) in [6.07, 6.45) is 3.45. The van der Waals surface area contributed by atoms with Crippen molar-refractivity contribution < 1.29 is 23.8 Å². The summed E-state index contributed by atoms with van der Waals surface area (Å²) in [6.45, 7) is 1.48. The lowest BCUT2D eigenvalue weighted by Crippen LogP contribution is -2.32. The normalized spacial score (nSPS) is 14.0. The van der Waals surface area contributed by atoms with Gasteiger partial charge in [0, 0.05) is 13.1 Å². The van der Waals surface area contributed by atoms with Gasteiger partial charge in [0.15, 0.2) is 18.1 Å². The monoisotopic (exact) mass is 344 g/mol. The van der Waals surface area contributed by atoms with Crippen LogP contribution in [0.15, 0.2) is 23.8 Å². The van der Waals surface area contributed by atoms with Gasteiger partial charge >= 0.3 is 5.97 Å². The molecule has 7 nitrogen and oxygen atoms in total. The van der Waals surface area contributed by atoms with E-state index in [0.717, 1.165) is 25.9 Å². The Labute approximate surface area is 146 Å².